The third-order valence-corrected chi connectivity index (χ3v) is 6.85. The SMILES string of the molecule is CCNC(=O)C1CCCN(C(=O)NC2CCN(S(=O)(=O)CC)CC2)C1. The van der Waals surface area contributed by atoms with Gasteiger partial charge in [-0.2, -0.15) is 0 Å². The summed E-state index contributed by atoms with van der Waals surface area (Å²) < 4.78 is 25.3. The molecule has 1 atom stereocenters. The van der Waals surface area contributed by atoms with Crippen LogP contribution in [-0.4, -0.2) is 74.1 Å². The first kappa shape index (κ1) is 20.0. The van der Waals surface area contributed by atoms with Crippen molar-refractivity contribution in [2.24, 2.45) is 5.92 Å². The van der Waals surface area contributed by atoms with Crippen LogP contribution in [0.2, 0.25) is 0 Å². The van der Waals surface area contributed by atoms with E-state index in [-0.39, 0.29) is 29.7 Å². The van der Waals surface area contributed by atoms with Gasteiger partial charge in [0.1, 0.15) is 0 Å². The average Bonchev–Trinajstić information content (AvgIpc) is 2.62. The molecule has 0 bridgehead atoms. The molecule has 0 aromatic carbocycles. The highest BCUT2D eigenvalue weighted by molar-refractivity contribution is 7.89. The van der Waals surface area contributed by atoms with Gasteiger partial charge < -0.3 is 15.5 Å². The largest absolute Gasteiger partial charge is 0.356 e. The molecule has 0 aliphatic carbocycles. The maximum absolute atomic E-state index is 12.5. The predicted molar refractivity (Wildman–Crippen MR) is 95.6 cm³/mol. The topological polar surface area (TPSA) is 98.8 Å². The molecular weight excluding hydrogens is 344 g/mol. The molecular formula is C16H30N4O4S. The summed E-state index contributed by atoms with van der Waals surface area (Å²) >= 11 is 0. The van der Waals surface area contributed by atoms with Crippen molar-refractivity contribution in [3.8, 4) is 0 Å². The number of piperidine rings is 2. The van der Waals surface area contributed by atoms with Crippen molar-refractivity contribution in [3.63, 3.8) is 0 Å². The molecule has 8 nitrogen and oxygen atoms in total. The van der Waals surface area contributed by atoms with Crippen LogP contribution in [0.1, 0.15) is 39.5 Å². The fourth-order valence-electron chi connectivity index (χ4n) is 3.42. The van der Waals surface area contributed by atoms with E-state index in [4.69, 9.17) is 0 Å². The van der Waals surface area contributed by atoms with Crippen molar-refractivity contribution in [3.05, 3.63) is 0 Å². The molecule has 25 heavy (non-hydrogen) atoms. The summed E-state index contributed by atoms with van der Waals surface area (Å²) in [6.07, 6.45) is 2.88. The van der Waals surface area contributed by atoms with E-state index in [9.17, 15) is 18.0 Å². The molecule has 2 fully saturated rings. The van der Waals surface area contributed by atoms with Gasteiger partial charge in [-0.25, -0.2) is 17.5 Å². The van der Waals surface area contributed by atoms with Crippen LogP contribution in [0.4, 0.5) is 4.79 Å². The van der Waals surface area contributed by atoms with Crippen LogP contribution in [0.15, 0.2) is 0 Å². The van der Waals surface area contributed by atoms with Gasteiger partial charge in [0.05, 0.1) is 11.7 Å². The molecule has 2 aliphatic heterocycles. The van der Waals surface area contributed by atoms with E-state index in [1.807, 2.05) is 6.92 Å². The second-order valence-electron chi connectivity index (χ2n) is 6.70. The maximum atomic E-state index is 12.5. The first-order valence-corrected chi connectivity index (χ1v) is 10.8. The number of sulfonamides is 1. The van der Waals surface area contributed by atoms with Crippen LogP contribution >= 0.6 is 0 Å². The first-order chi connectivity index (χ1) is 11.9. The Hall–Kier alpha value is -1.35. The van der Waals surface area contributed by atoms with E-state index in [1.165, 1.54) is 4.31 Å². The van der Waals surface area contributed by atoms with Crippen LogP contribution in [0, 0.1) is 5.92 Å². The molecule has 2 aliphatic rings. The van der Waals surface area contributed by atoms with Gasteiger partial charge in [-0.05, 0) is 39.5 Å². The molecule has 0 saturated carbocycles. The number of urea groups is 1. The summed E-state index contributed by atoms with van der Waals surface area (Å²) in [6, 6.07) is -0.161. The summed E-state index contributed by atoms with van der Waals surface area (Å²) in [5.74, 6) is -0.0204. The summed E-state index contributed by atoms with van der Waals surface area (Å²) in [5, 5.41) is 5.82. The van der Waals surface area contributed by atoms with Crippen LogP contribution < -0.4 is 10.6 Å². The van der Waals surface area contributed by atoms with Gasteiger partial charge in [0.2, 0.25) is 15.9 Å². The molecule has 0 spiro atoms. The molecule has 0 aromatic heterocycles. The minimum atomic E-state index is -3.15. The van der Waals surface area contributed by atoms with Crippen molar-refractivity contribution in [2.75, 3.05) is 38.5 Å². The van der Waals surface area contributed by atoms with E-state index in [0.29, 0.717) is 45.6 Å². The zero-order chi connectivity index (χ0) is 18.4. The Kier molecular flexibility index (Phi) is 7.06. The summed E-state index contributed by atoms with van der Waals surface area (Å²) in [7, 11) is -3.15. The lowest BCUT2D eigenvalue weighted by Gasteiger charge is -2.35. The number of carbonyl (C=O) groups excluding carboxylic acids is 2. The minimum absolute atomic E-state index is 0.0121. The maximum Gasteiger partial charge on any atom is 0.317 e. The predicted octanol–water partition coefficient (Wildman–Crippen LogP) is 0.358. The number of amides is 3. The molecule has 2 saturated heterocycles. The minimum Gasteiger partial charge on any atom is -0.356 e. The molecule has 9 heteroatoms. The molecule has 144 valence electrons. The third-order valence-electron chi connectivity index (χ3n) is 4.97. The smallest absolute Gasteiger partial charge is 0.317 e. The number of rotatable bonds is 5. The molecule has 2 rings (SSSR count). The lowest BCUT2D eigenvalue weighted by atomic mass is 9.97. The zero-order valence-electron chi connectivity index (χ0n) is 15.2. The zero-order valence-corrected chi connectivity index (χ0v) is 16.0. The fourth-order valence-corrected chi connectivity index (χ4v) is 4.55. The van der Waals surface area contributed by atoms with E-state index >= 15 is 0 Å². The molecule has 2 heterocycles. The summed E-state index contributed by atoms with van der Waals surface area (Å²) in [6.45, 7) is 6.12. The second kappa shape index (κ2) is 8.84. The van der Waals surface area contributed by atoms with Gasteiger partial charge in [-0.15, -0.1) is 0 Å². The van der Waals surface area contributed by atoms with Gasteiger partial charge in [-0.3, -0.25) is 4.79 Å². The Bertz CT molecular complexity index is 573. The van der Waals surface area contributed by atoms with Gasteiger partial charge >= 0.3 is 6.03 Å². The average molecular weight is 375 g/mol. The van der Waals surface area contributed by atoms with Gasteiger partial charge in [0.15, 0.2) is 0 Å². The van der Waals surface area contributed by atoms with E-state index in [0.717, 1.165) is 12.8 Å². The number of hydrogen-bond acceptors (Lipinski definition) is 4. The first-order valence-electron chi connectivity index (χ1n) is 9.18. The van der Waals surface area contributed by atoms with Crippen molar-refractivity contribution in [1.82, 2.24) is 19.8 Å². The Morgan fingerprint density at radius 1 is 1.08 bits per heavy atom. The van der Waals surface area contributed by atoms with Crippen molar-refractivity contribution >= 4 is 22.0 Å². The normalized spacial score (nSPS) is 23.3. The third kappa shape index (κ3) is 5.31. The number of nitrogens with one attached hydrogen (secondary N) is 2. The van der Waals surface area contributed by atoms with Crippen molar-refractivity contribution in [2.45, 2.75) is 45.6 Å². The monoisotopic (exact) mass is 374 g/mol. The number of nitrogens with zero attached hydrogens (tertiary/aromatic N) is 2. The van der Waals surface area contributed by atoms with Crippen molar-refractivity contribution in [1.29, 1.82) is 0 Å². The van der Waals surface area contributed by atoms with Crippen LogP contribution in [0.3, 0.4) is 0 Å². The van der Waals surface area contributed by atoms with Crippen LogP contribution in [0.5, 0.6) is 0 Å². The van der Waals surface area contributed by atoms with E-state index < -0.39 is 10.0 Å². The number of likely N-dealkylation sites (tertiary alicyclic amines) is 1. The highest BCUT2D eigenvalue weighted by Gasteiger charge is 2.31. The van der Waals surface area contributed by atoms with Crippen LogP contribution in [-0.2, 0) is 14.8 Å². The highest BCUT2D eigenvalue weighted by atomic mass is 32.2. The Balaban J connectivity index is 1.81. The van der Waals surface area contributed by atoms with Crippen molar-refractivity contribution < 1.29 is 18.0 Å². The van der Waals surface area contributed by atoms with Crippen LogP contribution in [0.25, 0.3) is 0 Å². The molecule has 1 unspecified atom stereocenters. The van der Waals surface area contributed by atoms with Gasteiger partial charge in [0.25, 0.3) is 0 Å². The van der Waals surface area contributed by atoms with E-state index in [2.05, 4.69) is 10.6 Å². The van der Waals surface area contributed by atoms with Gasteiger partial charge in [0, 0.05) is 38.8 Å². The summed E-state index contributed by atoms with van der Waals surface area (Å²) in [4.78, 5) is 26.2. The summed E-state index contributed by atoms with van der Waals surface area (Å²) in [5.41, 5.74) is 0. The standard InChI is InChI=1S/C16H30N4O4S/c1-3-17-15(21)13-6-5-9-19(12-13)16(22)18-14-7-10-20(11-8-14)25(23,24)4-2/h13-14H,3-12H2,1-2H3,(H,17,21)(H,18,22). The molecule has 0 aromatic rings. The number of carbonyl (C=O) groups is 2. The lowest BCUT2D eigenvalue weighted by molar-refractivity contribution is -0.126. The quantitative estimate of drug-likeness (QED) is 0.726. The highest BCUT2D eigenvalue weighted by Crippen LogP contribution is 2.18. The Morgan fingerprint density at radius 2 is 1.76 bits per heavy atom. The van der Waals surface area contributed by atoms with E-state index in [1.54, 1.807) is 11.8 Å². The molecule has 2 N–H and O–H groups in total. The molecule has 0 radical (unpaired) electrons. The second-order valence-corrected chi connectivity index (χ2v) is 8.96. The fraction of sp³-hybridized carbons (Fsp3) is 0.875. The van der Waals surface area contributed by atoms with Gasteiger partial charge in [-0.1, -0.05) is 0 Å². The number of hydrogen-bond donors (Lipinski definition) is 2. The molecule has 3 amide bonds. The Labute approximate surface area is 150 Å². The lowest BCUT2D eigenvalue weighted by Crippen LogP contribution is -2.53. The Morgan fingerprint density at radius 3 is 2.36 bits per heavy atom.